The first-order valence-electron chi connectivity index (χ1n) is 7.37. The second-order valence-electron chi connectivity index (χ2n) is 5.14. The van der Waals surface area contributed by atoms with Crippen LogP contribution in [0.4, 0.5) is 8.78 Å². The lowest BCUT2D eigenvalue weighted by atomic mass is 10.1. The van der Waals surface area contributed by atoms with Gasteiger partial charge in [-0.3, -0.25) is 4.98 Å². The Kier molecular flexibility index (Phi) is 3.77. The zero-order valence-electron chi connectivity index (χ0n) is 12.8. The van der Waals surface area contributed by atoms with Crippen molar-refractivity contribution in [2.75, 3.05) is 0 Å². The van der Waals surface area contributed by atoms with Crippen LogP contribution >= 0.6 is 0 Å². The summed E-state index contributed by atoms with van der Waals surface area (Å²) in [4.78, 5) is 12.6. The molecule has 1 aromatic carbocycles. The topological polar surface area (TPSA) is 65.2 Å². The van der Waals surface area contributed by atoms with E-state index in [9.17, 15) is 8.78 Å². The molecular weight excluding hydrogens is 328 g/mol. The molecule has 0 aliphatic rings. The summed E-state index contributed by atoms with van der Waals surface area (Å²) in [6, 6.07) is 11.9. The van der Waals surface area contributed by atoms with Crippen molar-refractivity contribution in [1.29, 1.82) is 0 Å². The average molecular weight is 339 g/mol. The standard InChI is InChI=1S/C17H11F2N5O/c18-16(19)25-13-3-1-11(2-4-13)14-9-15(12-5-7-20-8-6-12)24-17(23-14)21-10-22-24/h1-10,16H. The highest BCUT2D eigenvalue weighted by atomic mass is 19.3. The molecule has 0 bridgehead atoms. The van der Waals surface area contributed by atoms with Crippen molar-refractivity contribution in [3.63, 3.8) is 0 Å². The molecule has 0 atom stereocenters. The van der Waals surface area contributed by atoms with Gasteiger partial charge in [0.2, 0.25) is 0 Å². The van der Waals surface area contributed by atoms with Crippen LogP contribution in [0.15, 0.2) is 61.2 Å². The minimum atomic E-state index is -2.85. The number of pyridine rings is 1. The normalized spacial score (nSPS) is 11.2. The third-order valence-corrected chi connectivity index (χ3v) is 3.60. The molecule has 3 aromatic heterocycles. The van der Waals surface area contributed by atoms with E-state index in [1.807, 2.05) is 18.2 Å². The summed E-state index contributed by atoms with van der Waals surface area (Å²) >= 11 is 0. The first-order chi connectivity index (χ1) is 12.2. The quantitative estimate of drug-likeness (QED) is 0.570. The fourth-order valence-corrected chi connectivity index (χ4v) is 2.50. The number of aromatic nitrogens is 5. The van der Waals surface area contributed by atoms with Crippen molar-refractivity contribution in [3.05, 3.63) is 61.2 Å². The maximum absolute atomic E-state index is 12.3. The summed E-state index contributed by atoms with van der Waals surface area (Å²) < 4.78 is 30.5. The number of benzene rings is 1. The third-order valence-electron chi connectivity index (χ3n) is 3.60. The zero-order valence-corrected chi connectivity index (χ0v) is 12.8. The van der Waals surface area contributed by atoms with Crippen molar-refractivity contribution in [2.45, 2.75) is 6.61 Å². The van der Waals surface area contributed by atoms with E-state index in [1.54, 1.807) is 29.0 Å². The van der Waals surface area contributed by atoms with Crippen molar-refractivity contribution in [2.24, 2.45) is 0 Å². The Labute approximate surface area is 140 Å². The van der Waals surface area contributed by atoms with Crippen LogP contribution in [0.5, 0.6) is 5.75 Å². The van der Waals surface area contributed by atoms with E-state index in [0.29, 0.717) is 11.5 Å². The van der Waals surface area contributed by atoms with Gasteiger partial charge in [-0.15, -0.1) is 0 Å². The van der Waals surface area contributed by atoms with Crippen LogP contribution in [0.2, 0.25) is 0 Å². The summed E-state index contributed by atoms with van der Waals surface area (Å²) in [5.74, 6) is 0.536. The van der Waals surface area contributed by atoms with Crippen molar-refractivity contribution >= 4 is 5.78 Å². The predicted molar refractivity (Wildman–Crippen MR) is 86.1 cm³/mol. The molecule has 0 N–H and O–H groups in total. The van der Waals surface area contributed by atoms with Gasteiger partial charge in [-0.2, -0.15) is 23.4 Å². The molecule has 8 heteroatoms. The number of rotatable bonds is 4. The Morgan fingerprint density at radius 1 is 0.960 bits per heavy atom. The molecule has 0 aliphatic carbocycles. The number of ether oxygens (including phenoxy) is 1. The number of hydrogen-bond acceptors (Lipinski definition) is 5. The molecule has 3 heterocycles. The van der Waals surface area contributed by atoms with E-state index in [4.69, 9.17) is 0 Å². The Morgan fingerprint density at radius 3 is 2.44 bits per heavy atom. The van der Waals surface area contributed by atoms with Gasteiger partial charge in [0.25, 0.3) is 5.78 Å². The van der Waals surface area contributed by atoms with Crippen molar-refractivity contribution in [1.82, 2.24) is 24.6 Å². The lowest BCUT2D eigenvalue weighted by molar-refractivity contribution is -0.0498. The average Bonchev–Trinajstić information content (AvgIpc) is 3.10. The van der Waals surface area contributed by atoms with E-state index in [-0.39, 0.29) is 5.75 Å². The highest BCUT2D eigenvalue weighted by molar-refractivity contribution is 5.70. The summed E-state index contributed by atoms with van der Waals surface area (Å²) in [5.41, 5.74) is 3.11. The monoisotopic (exact) mass is 339 g/mol. The number of alkyl halides is 2. The Bertz CT molecular complexity index is 1000. The number of fused-ring (bicyclic) bond motifs is 1. The van der Waals surface area contributed by atoms with Crippen LogP contribution in [0.3, 0.4) is 0 Å². The number of nitrogens with zero attached hydrogens (tertiary/aromatic N) is 5. The molecule has 0 unspecified atom stereocenters. The zero-order chi connectivity index (χ0) is 17.2. The minimum absolute atomic E-state index is 0.0941. The van der Waals surface area contributed by atoms with Gasteiger partial charge in [-0.25, -0.2) is 4.98 Å². The van der Waals surface area contributed by atoms with E-state index in [0.717, 1.165) is 16.8 Å². The summed E-state index contributed by atoms with van der Waals surface area (Å²) in [7, 11) is 0. The van der Waals surface area contributed by atoms with Gasteiger partial charge < -0.3 is 4.74 Å². The molecule has 25 heavy (non-hydrogen) atoms. The highest BCUT2D eigenvalue weighted by Crippen LogP contribution is 2.26. The number of hydrogen-bond donors (Lipinski definition) is 0. The van der Waals surface area contributed by atoms with Crippen LogP contribution in [0.25, 0.3) is 28.3 Å². The third kappa shape index (κ3) is 3.01. The van der Waals surface area contributed by atoms with Gasteiger partial charge >= 0.3 is 6.61 Å². The molecule has 0 saturated carbocycles. The lowest BCUT2D eigenvalue weighted by Crippen LogP contribution is -2.01. The molecule has 0 aliphatic heterocycles. The Morgan fingerprint density at radius 2 is 1.72 bits per heavy atom. The largest absolute Gasteiger partial charge is 0.435 e. The van der Waals surface area contributed by atoms with Gasteiger partial charge in [0, 0.05) is 23.5 Å². The molecular formula is C17H11F2N5O. The smallest absolute Gasteiger partial charge is 0.387 e. The molecule has 4 rings (SSSR count). The number of halogens is 2. The van der Waals surface area contributed by atoms with Gasteiger partial charge in [0.05, 0.1) is 11.4 Å². The van der Waals surface area contributed by atoms with Crippen LogP contribution in [-0.2, 0) is 0 Å². The second-order valence-corrected chi connectivity index (χ2v) is 5.14. The lowest BCUT2D eigenvalue weighted by Gasteiger charge is -2.09. The van der Waals surface area contributed by atoms with Crippen LogP contribution in [0, 0.1) is 0 Å². The van der Waals surface area contributed by atoms with Crippen LogP contribution < -0.4 is 4.74 Å². The van der Waals surface area contributed by atoms with Crippen LogP contribution in [-0.4, -0.2) is 31.2 Å². The predicted octanol–water partition coefficient (Wildman–Crippen LogP) is 3.45. The molecule has 0 spiro atoms. The van der Waals surface area contributed by atoms with E-state index < -0.39 is 6.61 Å². The SMILES string of the molecule is FC(F)Oc1ccc(-c2cc(-c3ccncc3)n3ncnc3n2)cc1. The highest BCUT2D eigenvalue weighted by Gasteiger charge is 2.11. The molecule has 0 fully saturated rings. The minimum Gasteiger partial charge on any atom is -0.435 e. The Balaban J connectivity index is 1.80. The van der Waals surface area contributed by atoms with Gasteiger partial charge in [0.15, 0.2) is 0 Å². The van der Waals surface area contributed by atoms with E-state index in [2.05, 4.69) is 24.8 Å². The summed E-state index contributed by atoms with van der Waals surface area (Å²) in [6.07, 6.45) is 4.81. The summed E-state index contributed by atoms with van der Waals surface area (Å²) in [5, 5.41) is 4.20. The first kappa shape index (κ1) is 15.1. The fraction of sp³-hybridized carbons (Fsp3) is 0.0588. The fourth-order valence-electron chi connectivity index (χ4n) is 2.50. The maximum atomic E-state index is 12.3. The summed E-state index contributed by atoms with van der Waals surface area (Å²) in [6.45, 7) is -2.85. The molecule has 0 amide bonds. The van der Waals surface area contributed by atoms with E-state index in [1.165, 1.54) is 18.5 Å². The molecule has 0 saturated heterocycles. The van der Waals surface area contributed by atoms with Crippen LogP contribution in [0.1, 0.15) is 0 Å². The molecule has 6 nitrogen and oxygen atoms in total. The van der Waals surface area contributed by atoms with E-state index >= 15 is 0 Å². The van der Waals surface area contributed by atoms with Gasteiger partial charge in [0.1, 0.15) is 12.1 Å². The van der Waals surface area contributed by atoms with Gasteiger partial charge in [-0.05, 0) is 42.5 Å². The second kappa shape index (κ2) is 6.23. The molecule has 4 aromatic rings. The maximum Gasteiger partial charge on any atom is 0.387 e. The van der Waals surface area contributed by atoms with Crippen molar-refractivity contribution in [3.8, 4) is 28.3 Å². The van der Waals surface area contributed by atoms with Gasteiger partial charge in [-0.1, -0.05) is 0 Å². The molecule has 124 valence electrons. The van der Waals surface area contributed by atoms with Crippen molar-refractivity contribution < 1.29 is 13.5 Å². The molecule has 0 radical (unpaired) electrons. The Hall–Kier alpha value is -3.42. The first-order valence-corrected chi connectivity index (χ1v) is 7.37.